The Labute approximate surface area is 498 Å². The first-order valence-electron chi connectivity index (χ1n) is 32.7. The van der Waals surface area contributed by atoms with Gasteiger partial charge in [0, 0.05) is 6.42 Å². The number of carbonyl (C=O) groups excluding carboxylic acids is 1. The van der Waals surface area contributed by atoms with Crippen molar-refractivity contribution in [2.24, 2.45) is 0 Å². The Balaban J connectivity index is 1.40. The zero-order valence-electron chi connectivity index (χ0n) is 50.9. The van der Waals surface area contributed by atoms with E-state index in [1.54, 1.807) is 6.08 Å². The number of hydrogen-bond acceptors (Lipinski definition) is 18. The summed E-state index contributed by atoms with van der Waals surface area (Å²) in [7, 11) is 0. The lowest BCUT2D eigenvalue weighted by molar-refractivity contribution is -0.379. The van der Waals surface area contributed by atoms with Crippen LogP contribution in [-0.4, -0.2) is 193 Å². The van der Waals surface area contributed by atoms with Gasteiger partial charge in [-0.3, -0.25) is 4.79 Å². The van der Waals surface area contributed by atoms with Crippen molar-refractivity contribution in [3.05, 3.63) is 36.5 Å². The molecule has 3 rings (SSSR count). The Hall–Kier alpha value is -1.99. The number of aliphatic hydroxyl groups is 11. The van der Waals surface area contributed by atoms with Gasteiger partial charge in [-0.1, -0.05) is 217 Å². The van der Waals surface area contributed by atoms with Gasteiger partial charge in [-0.05, 0) is 44.9 Å². The molecule has 17 unspecified atom stereocenters. The maximum absolute atomic E-state index is 13.2. The zero-order chi connectivity index (χ0) is 60.5. The third-order valence-electron chi connectivity index (χ3n) is 16.4. The summed E-state index contributed by atoms with van der Waals surface area (Å²) in [6, 6.07) is -0.992. The molecule has 3 aliphatic heterocycles. The standard InChI is InChI=1S/C64H117NO18/c1-3-5-7-9-11-13-14-15-16-17-18-19-20-21-22-23-24-25-26-27-28-29-30-31-32-33-34-35-37-39-41-48(69)47(65-52(70)42-40-38-36-12-10-8-6-4-2)46-78-62-58(76)55(73)60(50(44-67)80-62)83-64-59(77)56(74)61(51(45-68)81-64)82-63-57(75)54(72)53(71)49(43-66)79-63/h29-30,33-34,39,41,47-51,53-64,66-69,71-77H,3-28,31-32,35-38,40,42-46H2,1-2H3,(H,65,70)/b30-29+,34-33+,41-39+. The molecule has 0 spiro atoms. The number of carbonyl (C=O) groups is 1. The number of ether oxygens (including phenoxy) is 6. The fraction of sp³-hybridized carbons (Fsp3) is 0.891. The predicted molar refractivity (Wildman–Crippen MR) is 319 cm³/mol. The van der Waals surface area contributed by atoms with E-state index in [9.17, 15) is 61.0 Å². The summed E-state index contributed by atoms with van der Waals surface area (Å²) in [5.74, 6) is -0.295. The van der Waals surface area contributed by atoms with Crippen molar-refractivity contribution in [3.8, 4) is 0 Å². The molecule has 0 aromatic carbocycles. The Bertz CT molecular complexity index is 1660. The number of nitrogens with one attached hydrogen (secondary N) is 1. The van der Waals surface area contributed by atoms with Crippen LogP contribution in [0.5, 0.6) is 0 Å². The van der Waals surface area contributed by atoms with E-state index in [0.29, 0.717) is 12.8 Å². The highest BCUT2D eigenvalue weighted by atomic mass is 16.8. The minimum atomic E-state index is -1.98. The van der Waals surface area contributed by atoms with Gasteiger partial charge in [0.2, 0.25) is 5.91 Å². The molecule has 17 atom stereocenters. The summed E-state index contributed by atoms with van der Waals surface area (Å²) >= 11 is 0. The summed E-state index contributed by atoms with van der Waals surface area (Å²) in [4.78, 5) is 13.2. The van der Waals surface area contributed by atoms with Gasteiger partial charge < -0.3 is 89.9 Å². The number of rotatable bonds is 49. The minimum absolute atomic E-state index is 0.232. The molecule has 486 valence electrons. The van der Waals surface area contributed by atoms with Gasteiger partial charge in [-0.25, -0.2) is 0 Å². The number of hydrogen-bond donors (Lipinski definition) is 12. The van der Waals surface area contributed by atoms with Crippen LogP contribution in [0.3, 0.4) is 0 Å². The first kappa shape index (κ1) is 75.3. The smallest absolute Gasteiger partial charge is 0.220 e. The van der Waals surface area contributed by atoms with Crippen molar-refractivity contribution in [1.82, 2.24) is 5.32 Å². The van der Waals surface area contributed by atoms with E-state index in [1.807, 2.05) is 6.08 Å². The van der Waals surface area contributed by atoms with Crippen LogP contribution in [0.4, 0.5) is 0 Å². The van der Waals surface area contributed by atoms with E-state index in [4.69, 9.17) is 28.4 Å². The first-order valence-corrected chi connectivity index (χ1v) is 32.7. The number of allylic oxidation sites excluding steroid dienone is 5. The second-order valence-corrected chi connectivity index (χ2v) is 23.6. The van der Waals surface area contributed by atoms with Gasteiger partial charge in [0.1, 0.15) is 73.2 Å². The molecular formula is C64H117NO18. The van der Waals surface area contributed by atoms with E-state index in [-0.39, 0.29) is 18.9 Å². The van der Waals surface area contributed by atoms with Gasteiger partial charge in [-0.2, -0.15) is 0 Å². The molecular weight excluding hydrogens is 1070 g/mol. The van der Waals surface area contributed by atoms with Crippen LogP contribution in [0.2, 0.25) is 0 Å². The van der Waals surface area contributed by atoms with E-state index >= 15 is 0 Å². The molecule has 83 heavy (non-hydrogen) atoms. The largest absolute Gasteiger partial charge is 0.394 e. The molecule has 3 fully saturated rings. The third-order valence-corrected chi connectivity index (χ3v) is 16.4. The fourth-order valence-corrected chi connectivity index (χ4v) is 11.0. The SMILES string of the molecule is CCCCCCCCCCCCCCCCCCCCCC/C=C/CC/C=C/CC/C=C/C(O)C(COC1OC(CO)C(OC2OC(CO)C(OC3OC(CO)C(O)C(O)C3O)C(O)C2O)C(O)C1O)NC(=O)CCCCCCCCCC. The second kappa shape index (κ2) is 47.1. The number of aliphatic hydroxyl groups excluding tert-OH is 11. The Morgan fingerprint density at radius 3 is 1.20 bits per heavy atom. The highest BCUT2D eigenvalue weighted by Gasteiger charge is 2.53. The highest BCUT2D eigenvalue weighted by molar-refractivity contribution is 5.76. The highest BCUT2D eigenvalue weighted by Crippen LogP contribution is 2.33. The molecule has 3 saturated heterocycles. The van der Waals surface area contributed by atoms with Crippen molar-refractivity contribution in [1.29, 1.82) is 0 Å². The van der Waals surface area contributed by atoms with Crippen LogP contribution in [-0.2, 0) is 33.2 Å². The molecule has 12 N–H and O–H groups in total. The summed E-state index contributed by atoms with van der Waals surface area (Å²) in [5.41, 5.74) is 0. The average Bonchev–Trinajstić information content (AvgIpc) is 3.25. The van der Waals surface area contributed by atoms with Crippen LogP contribution < -0.4 is 5.32 Å². The lowest BCUT2D eigenvalue weighted by Crippen LogP contribution is -2.66. The maximum Gasteiger partial charge on any atom is 0.220 e. The topological polar surface area (TPSA) is 307 Å². The minimum Gasteiger partial charge on any atom is -0.394 e. The second-order valence-electron chi connectivity index (χ2n) is 23.6. The summed E-state index contributed by atoms with van der Waals surface area (Å²) in [6.07, 6.45) is 26.2. The van der Waals surface area contributed by atoms with Gasteiger partial charge in [0.15, 0.2) is 18.9 Å². The van der Waals surface area contributed by atoms with Crippen molar-refractivity contribution >= 4 is 5.91 Å². The third kappa shape index (κ3) is 30.2. The van der Waals surface area contributed by atoms with E-state index in [0.717, 1.165) is 51.4 Å². The first-order chi connectivity index (χ1) is 40.3. The van der Waals surface area contributed by atoms with Crippen molar-refractivity contribution < 1.29 is 89.4 Å². The zero-order valence-corrected chi connectivity index (χ0v) is 50.9. The number of unbranched alkanes of at least 4 members (excludes halogenated alkanes) is 29. The molecule has 3 aliphatic rings. The van der Waals surface area contributed by atoms with Crippen LogP contribution in [0.1, 0.15) is 232 Å². The molecule has 0 bridgehead atoms. The Morgan fingerprint density at radius 1 is 0.422 bits per heavy atom. The summed E-state index contributed by atoms with van der Waals surface area (Å²) in [5, 5.41) is 120. The van der Waals surface area contributed by atoms with Gasteiger partial charge in [0.25, 0.3) is 0 Å². The molecule has 0 aliphatic carbocycles. The van der Waals surface area contributed by atoms with Crippen LogP contribution in [0.25, 0.3) is 0 Å². The lowest BCUT2D eigenvalue weighted by atomic mass is 9.96. The molecule has 3 heterocycles. The molecule has 19 nitrogen and oxygen atoms in total. The van der Waals surface area contributed by atoms with Crippen LogP contribution in [0.15, 0.2) is 36.5 Å². The summed E-state index contributed by atoms with van der Waals surface area (Å²) in [6.45, 7) is 1.66. The van der Waals surface area contributed by atoms with Gasteiger partial charge in [0.05, 0.1) is 38.6 Å². The molecule has 0 saturated carbocycles. The predicted octanol–water partition coefficient (Wildman–Crippen LogP) is 7.27. The average molecular weight is 1190 g/mol. The molecule has 0 radical (unpaired) electrons. The van der Waals surface area contributed by atoms with Crippen LogP contribution in [0, 0.1) is 0 Å². The molecule has 19 heteroatoms. The fourth-order valence-electron chi connectivity index (χ4n) is 11.0. The maximum atomic E-state index is 13.2. The quantitative estimate of drug-likeness (QED) is 0.0211. The number of amides is 1. The molecule has 0 aromatic rings. The van der Waals surface area contributed by atoms with Gasteiger partial charge in [-0.15, -0.1) is 0 Å². The normalized spacial score (nSPS) is 29.6. The molecule has 1 amide bonds. The van der Waals surface area contributed by atoms with E-state index < -0.39 is 124 Å². The monoisotopic (exact) mass is 1190 g/mol. The van der Waals surface area contributed by atoms with E-state index in [2.05, 4.69) is 43.5 Å². The summed E-state index contributed by atoms with van der Waals surface area (Å²) < 4.78 is 34.2. The van der Waals surface area contributed by atoms with Crippen molar-refractivity contribution in [2.75, 3.05) is 26.4 Å². The van der Waals surface area contributed by atoms with Crippen molar-refractivity contribution in [2.45, 2.75) is 336 Å². The molecule has 0 aromatic heterocycles. The van der Waals surface area contributed by atoms with Gasteiger partial charge >= 0.3 is 0 Å². The van der Waals surface area contributed by atoms with Crippen LogP contribution >= 0.6 is 0 Å². The lowest BCUT2D eigenvalue weighted by Gasteiger charge is -2.48. The van der Waals surface area contributed by atoms with E-state index in [1.165, 1.54) is 148 Å². The van der Waals surface area contributed by atoms with Crippen molar-refractivity contribution in [3.63, 3.8) is 0 Å². The Morgan fingerprint density at radius 2 is 0.771 bits per heavy atom. The Kier molecular flexibility index (Phi) is 42.7.